The van der Waals surface area contributed by atoms with Gasteiger partial charge in [-0.3, -0.25) is 4.90 Å². The standard InChI is InChI=1S/C31H40N3O3S/c1-22-10-8-11-27(23(22)2)25-13-15-26(16-14-25)31-28-20-33(18-6-7-19-34(28)29(31)21-37-5)38(35,36)30-12-9-17-32(4)24(30)3/h8-17,28-29,31H,6-7,18-21H2,1-5H3/q+1/t28-,29+,31-/m0/s1. The van der Waals surface area contributed by atoms with Crippen LogP contribution >= 0.6 is 0 Å². The molecule has 3 atom stereocenters. The lowest BCUT2D eigenvalue weighted by molar-refractivity contribution is -0.679. The van der Waals surface area contributed by atoms with Crippen molar-refractivity contribution >= 4 is 10.0 Å². The average molecular weight is 535 g/mol. The first-order valence-corrected chi connectivity index (χ1v) is 15.0. The summed E-state index contributed by atoms with van der Waals surface area (Å²) in [5, 5.41) is 0. The van der Waals surface area contributed by atoms with Crippen LogP contribution in [0.25, 0.3) is 11.1 Å². The minimum atomic E-state index is -3.61. The van der Waals surface area contributed by atoms with Crippen LogP contribution in [0.2, 0.25) is 0 Å². The van der Waals surface area contributed by atoms with E-state index in [1.54, 1.807) is 17.5 Å². The highest BCUT2D eigenvalue weighted by molar-refractivity contribution is 7.89. The molecule has 2 aliphatic rings. The summed E-state index contributed by atoms with van der Waals surface area (Å²) < 4.78 is 37.0. The van der Waals surface area contributed by atoms with Crippen LogP contribution in [0.15, 0.2) is 65.7 Å². The van der Waals surface area contributed by atoms with Gasteiger partial charge in [0.15, 0.2) is 11.9 Å². The van der Waals surface area contributed by atoms with Crippen molar-refractivity contribution in [2.45, 2.75) is 56.5 Å². The molecule has 0 unspecified atom stereocenters. The molecule has 38 heavy (non-hydrogen) atoms. The van der Waals surface area contributed by atoms with Crippen molar-refractivity contribution in [2.24, 2.45) is 7.05 Å². The van der Waals surface area contributed by atoms with E-state index in [0.29, 0.717) is 24.6 Å². The Balaban J connectivity index is 1.46. The van der Waals surface area contributed by atoms with Gasteiger partial charge >= 0.3 is 0 Å². The minimum Gasteiger partial charge on any atom is -0.383 e. The third-order valence-electron chi connectivity index (χ3n) is 8.75. The Hall–Kier alpha value is -2.58. The number of hydrogen-bond acceptors (Lipinski definition) is 4. The Morgan fingerprint density at radius 3 is 2.45 bits per heavy atom. The van der Waals surface area contributed by atoms with E-state index in [4.69, 9.17) is 4.74 Å². The maximum atomic E-state index is 13.9. The van der Waals surface area contributed by atoms with Gasteiger partial charge in [0.2, 0.25) is 10.0 Å². The molecular formula is C31H40N3O3S+. The highest BCUT2D eigenvalue weighted by atomic mass is 32.2. The number of nitrogens with zero attached hydrogens (tertiary/aromatic N) is 3. The molecule has 0 N–H and O–H groups in total. The van der Waals surface area contributed by atoms with Crippen molar-refractivity contribution in [1.29, 1.82) is 0 Å². The second-order valence-corrected chi connectivity index (χ2v) is 12.8. The molecule has 1 aromatic heterocycles. The number of aromatic nitrogens is 1. The van der Waals surface area contributed by atoms with Crippen LogP contribution in [0.1, 0.15) is 41.1 Å². The zero-order chi connectivity index (χ0) is 27.0. The SMILES string of the molecule is COC[C@@H]1[C@@H](c2ccc(-c3cccc(C)c3C)cc2)[C@@H]2CN(S(=O)(=O)c3ccc[n+](C)c3C)CCCCN12. The van der Waals surface area contributed by atoms with Crippen LogP contribution in [0.4, 0.5) is 0 Å². The van der Waals surface area contributed by atoms with Crippen molar-refractivity contribution in [3.63, 3.8) is 0 Å². The lowest BCUT2D eigenvalue weighted by Gasteiger charge is -2.57. The van der Waals surface area contributed by atoms with E-state index in [0.717, 1.165) is 25.1 Å². The molecule has 3 aromatic rings. The third kappa shape index (κ3) is 4.81. The highest BCUT2D eigenvalue weighted by Crippen LogP contribution is 2.43. The Kier molecular flexibility index (Phi) is 7.74. The molecule has 0 spiro atoms. The van der Waals surface area contributed by atoms with Gasteiger partial charge in [-0.15, -0.1) is 0 Å². The van der Waals surface area contributed by atoms with Gasteiger partial charge in [0, 0.05) is 51.2 Å². The molecule has 2 aliphatic heterocycles. The number of pyridine rings is 1. The van der Waals surface area contributed by atoms with Crippen LogP contribution in [0.3, 0.4) is 0 Å². The van der Waals surface area contributed by atoms with Gasteiger partial charge in [-0.1, -0.05) is 42.5 Å². The summed E-state index contributed by atoms with van der Waals surface area (Å²) in [5.74, 6) is 0.214. The zero-order valence-electron chi connectivity index (χ0n) is 23.2. The molecule has 5 rings (SSSR count). The second-order valence-electron chi connectivity index (χ2n) is 10.9. The van der Waals surface area contributed by atoms with Gasteiger partial charge in [-0.2, -0.15) is 4.31 Å². The van der Waals surface area contributed by atoms with E-state index in [2.05, 4.69) is 61.2 Å². The van der Waals surface area contributed by atoms with Gasteiger partial charge in [-0.25, -0.2) is 13.0 Å². The van der Waals surface area contributed by atoms with Gasteiger partial charge in [0.1, 0.15) is 11.9 Å². The smallest absolute Gasteiger partial charge is 0.249 e. The van der Waals surface area contributed by atoms with Gasteiger partial charge in [-0.05, 0) is 67.1 Å². The van der Waals surface area contributed by atoms with Crippen LogP contribution in [-0.2, 0) is 21.8 Å². The molecule has 2 fully saturated rings. The van der Waals surface area contributed by atoms with Crippen LogP contribution in [-0.4, -0.2) is 63.1 Å². The molecule has 2 saturated heterocycles. The van der Waals surface area contributed by atoms with Crippen molar-refractivity contribution in [3.05, 3.63) is 83.2 Å². The van der Waals surface area contributed by atoms with Crippen LogP contribution < -0.4 is 4.57 Å². The summed E-state index contributed by atoms with van der Waals surface area (Å²) in [6.45, 7) is 8.86. The zero-order valence-corrected chi connectivity index (χ0v) is 24.0. The second kappa shape index (κ2) is 10.9. The highest BCUT2D eigenvalue weighted by Gasteiger charge is 2.50. The number of rotatable bonds is 6. The maximum absolute atomic E-state index is 13.9. The maximum Gasteiger partial charge on any atom is 0.249 e. The van der Waals surface area contributed by atoms with Crippen molar-refractivity contribution in [1.82, 2.24) is 9.21 Å². The predicted octanol–water partition coefficient (Wildman–Crippen LogP) is 4.37. The lowest BCUT2D eigenvalue weighted by atomic mass is 9.74. The van der Waals surface area contributed by atoms with E-state index in [1.807, 2.05) is 30.8 Å². The summed E-state index contributed by atoms with van der Waals surface area (Å²) in [6, 6.07) is 19.3. The monoisotopic (exact) mass is 534 g/mol. The average Bonchev–Trinajstić information content (AvgIpc) is 2.88. The van der Waals surface area contributed by atoms with Gasteiger partial charge in [0.25, 0.3) is 0 Å². The number of aryl methyl sites for hydroxylation is 2. The van der Waals surface area contributed by atoms with Crippen molar-refractivity contribution in [3.8, 4) is 11.1 Å². The number of hydrogen-bond donors (Lipinski definition) is 0. The summed E-state index contributed by atoms with van der Waals surface area (Å²) in [4.78, 5) is 2.88. The summed E-state index contributed by atoms with van der Waals surface area (Å²) in [7, 11) is 0.0390. The first kappa shape index (κ1) is 27.0. The summed E-state index contributed by atoms with van der Waals surface area (Å²) in [6.07, 6.45) is 3.72. The Morgan fingerprint density at radius 1 is 0.974 bits per heavy atom. The minimum absolute atomic E-state index is 0.120. The van der Waals surface area contributed by atoms with E-state index < -0.39 is 10.0 Å². The number of sulfonamides is 1. The quantitative estimate of drug-likeness (QED) is 0.441. The number of benzene rings is 2. The first-order chi connectivity index (χ1) is 18.2. The number of ether oxygens (including phenoxy) is 1. The van der Waals surface area contributed by atoms with E-state index in [9.17, 15) is 8.42 Å². The predicted molar refractivity (Wildman–Crippen MR) is 151 cm³/mol. The lowest BCUT2D eigenvalue weighted by Crippen LogP contribution is -2.68. The molecule has 6 nitrogen and oxygen atoms in total. The Labute approximate surface area is 227 Å². The largest absolute Gasteiger partial charge is 0.383 e. The molecule has 0 amide bonds. The molecule has 0 saturated carbocycles. The van der Waals surface area contributed by atoms with Gasteiger partial charge in [0.05, 0.1) is 6.61 Å². The molecule has 0 bridgehead atoms. The number of fused-ring (bicyclic) bond motifs is 1. The molecular weight excluding hydrogens is 494 g/mol. The van der Waals surface area contributed by atoms with E-state index >= 15 is 0 Å². The third-order valence-corrected chi connectivity index (χ3v) is 10.8. The van der Waals surface area contributed by atoms with E-state index in [1.165, 1.54) is 27.8 Å². The molecule has 7 heteroatoms. The van der Waals surface area contributed by atoms with Crippen molar-refractivity contribution in [2.75, 3.05) is 33.4 Å². The summed E-state index contributed by atoms with van der Waals surface area (Å²) in [5.41, 5.74) is 7.08. The fourth-order valence-electron chi connectivity index (χ4n) is 6.30. The first-order valence-electron chi connectivity index (χ1n) is 13.6. The molecule has 3 heterocycles. The molecule has 0 aliphatic carbocycles. The van der Waals surface area contributed by atoms with Crippen LogP contribution in [0.5, 0.6) is 0 Å². The fourth-order valence-corrected chi connectivity index (χ4v) is 8.07. The summed E-state index contributed by atoms with van der Waals surface area (Å²) >= 11 is 0. The fraction of sp³-hybridized carbons (Fsp3) is 0.452. The van der Waals surface area contributed by atoms with Gasteiger partial charge < -0.3 is 4.74 Å². The molecule has 2 aromatic carbocycles. The molecule has 202 valence electrons. The topological polar surface area (TPSA) is 53.7 Å². The Morgan fingerprint density at radius 2 is 1.71 bits per heavy atom. The normalized spacial score (nSPS) is 22.8. The van der Waals surface area contributed by atoms with Crippen LogP contribution in [0, 0.1) is 20.8 Å². The molecule has 0 radical (unpaired) electrons. The Bertz CT molecular complexity index is 1400. The van der Waals surface area contributed by atoms with Crippen molar-refractivity contribution < 1.29 is 17.7 Å². The number of methoxy groups -OCH3 is 1. The van der Waals surface area contributed by atoms with E-state index in [-0.39, 0.29) is 18.0 Å².